The van der Waals surface area contributed by atoms with Crippen molar-refractivity contribution in [1.82, 2.24) is 5.32 Å². The molecule has 1 N–H and O–H groups in total. The highest BCUT2D eigenvalue weighted by Gasteiger charge is 2.22. The smallest absolute Gasteiger partial charge is 0.274 e. The van der Waals surface area contributed by atoms with Gasteiger partial charge in [0.2, 0.25) is 0 Å². The summed E-state index contributed by atoms with van der Waals surface area (Å²) in [5.74, 6) is 0. The van der Waals surface area contributed by atoms with Gasteiger partial charge in [0.25, 0.3) is 5.69 Å². The summed E-state index contributed by atoms with van der Waals surface area (Å²) in [6, 6.07) is 7.15. The van der Waals surface area contributed by atoms with Gasteiger partial charge in [0.15, 0.2) is 0 Å². The van der Waals surface area contributed by atoms with Gasteiger partial charge in [0.05, 0.1) is 4.92 Å². The second-order valence-corrected chi connectivity index (χ2v) is 3.82. The average molecular weight is 206 g/mol. The lowest BCUT2D eigenvalue weighted by molar-refractivity contribution is -0.385. The van der Waals surface area contributed by atoms with E-state index in [1.54, 1.807) is 12.1 Å². The summed E-state index contributed by atoms with van der Waals surface area (Å²) >= 11 is 0. The van der Waals surface area contributed by atoms with Crippen molar-refractivity contribution in [1.29, 1.82) is 0 Å². The van der Waals surface area contributed by atoms with Crippen LogP contribution >= 0.6 is 0 Å². The molecule has 1 aliphatic rings. The topological polar surface area (TPSA) is 55.2 Å². The van der Waals surface area contributed by atoms with E-state index in [0.717, 1.165) is 31.4 Å². The first-order valence-electron chi connectivity index (χ1n) is 5.26. The van der Waals surface area contributed by atoms with Gasteiger partial charge in [0.1, 0.15) is 0 Å². The number of nitro groups is 1. The van der Waals surface area contributed by atoms with Crippen molar-refractivity contribution in [2.75, 3.05) is 6.54 Å². The van der Waals surface area contributed by atoms with Crippen LogP contribution in [0.4, 0.5) is 5.69 Å². The van der Waals surface area contributed by atoms with E-state index in [1.807, 2.05) is 12.1 Å². The molecule has 1 aliphatic heterocycles. The second-order valence-electron chi connectivity index (χ2n) is 3.82. The van der Waals surface area contributed by atoms with Crippen LogP contribution < -0.4 is 5.32 Å². The predicted molar refractivity (Wildman–Crippen MR) is 57.7 cm³/mol. The largest absolute Gasteiger partial charge is 0.310 e. The molecule has 1 heterocycles. The molecule has 0 aliphatic carbocycles. The molecule has 0 aromatic heterocycles. The Bertz CT molecular complexity index is 359. The molecule has 0 spiro atoms. The predicted octanol–water partition coefficient (Wildman–Crippen LogP) is 2.41. The number of nitrogens with one attached hydrogen (secondary N) is 1. The van der Waals surface area contributed by atoms with Gasteiger partial charge in [-0.2, -0.15) is 0 Å². The molecule has 4 nitrogen and oxygen atoms in total. The second kappa shape index (κ2) is 4.40. The fraction of sp³-hybridized carbons (Fsp3) is 0.455. The molecule has 4 heteroatoms. The van der Waals surface area contributed by atoms with Gasteiger partial charge in [-0.05, 0) is 19.4 Å². The first-order chi connectivity index (χ1) is 7.29. The van der Waals surface area contributed by atoms with E-state index >= 15 is 0 Å². The molecule has 80 valence electrons. The Morgan fingerprint density at radius 1 is 1.33 bits per heavy atom. The SMILES string of the molecule is O=[N+]([O-])c1ccccc1[C@@H]1CCCCN1. The lowest BCUT2D eigenvalue weighted by Gasteiger charge is -2.23. The highest BCUT2D eigenvalue weighted by molar-refractivity contribution is 5.42. The Balaban J connectivity index is 2.29. The minimum atomic E-state index is -0.300. The zero-order valence-electron chi connectivity index (χ0n) is 8.48. The van der Waals surface area contributed by atoms with E-state index in [-0.39, 0.29) is 16.7 Å². The molecule has 15 heavy (non-hydrogen) atoms. The lowest BCUT2D eigenvalue weighted by Crippen LogP contribution is -2.27. The summed E-state index contributed by atoms with van der Waals surface area (Å²) in [4.78, 5) is 10.5. The summed E-state index contributed by atoms with van der Waals surface area (Å²) < 4.78 is 0. The van der Waals surface area contributed by atoms with E-state index in [1.165, 1.54) is 0 Å². The number of hydrogen-bond acceptors (Lipinski definition) is 3. The van der Waals surface area contributed by atoms with Gasteiger partial charge in [0, 0.05) is 17.7 Å². The molecule has 0 radical (unpaired) electrons. The average Bonchev–Trinajstić information content (AvgIpc) is 2.30. The molecule has 1 aromatic rings. The Labute approximate surface area is 88.5 Å². The maximum absolute atomic E-state index is 10.8. The quantitative estimate of drug-likeness (QED) is 0.597. The summed E-state index contributed by atoms with van der Waals surface area (Å²) in [5.41, 5.74) is 1.05. The van der Waals surface area contributed by atoms with E-state index < -0.39 is 0 Å². The molecular weight excluding hydrogens is 192 g/mol. The number of benzene rings is 1. The third kappa shape index (κ3) is 2.15. The normalized spacial score (nSPS) is 21.2. The Hall–Kier alpha value is -1.42. The van der Waals surface area contributed by atoms with Crippen molar-refractivity contribution >= 4 is 5.69 Å². The number of nitrogens with zero attached hydrogens (tertiary/aromatic N) is 1. The Kier molecular flexibility index (Phi) is 2.97. The Morgan fingerprint density at radius 3 is 2.80 bits per heavy atom. The van der Waals surface area contributed by atoms with Crippen molar-refractivity contribution in [3.63, 3.8) is 0 Å². The molecule has 1 atom stereocenters. The summed E-state index contributed by atoms with van der Waals surface area (Å²) in [5, 5.41) is 14.2. The summed E-state index contributed by atoms with van der Waals surface area (Å²) in [6.07, 6.45) is 3.30. The maximum atomic E-state index is 10.8. The van der Waals surface area contributed by atoms with Gasteiger partial charge in [-0.25, -0.2) is 0 Å². The van der Waals surface area contributed by atoms with Crippen LogP contribution in [0.3, 0.4) is 0 Å². The van der Waals surface area contributed by atoms with Gasteiger partial charge in [-0.1, -0.05) is 24.6 Å². The minimum absolute atomic E-state index is 0.153. The van der Waals surface area contributed by atoms with E-state index in [4.69, 9.17) is 0 Å². The van der Waals surface area contributed by atoms with Crippen LogP contribution in [0, 0.1) is 10.1 Å². The summed E-state index contributed by atoms with van der Waals surface area (Å²) in [6.45, 7) is 0.955. The van der Waals surface area contributed by atoms with Crippen molar-refractivity contribution in [3.8, 4) is 0 Å². The van der Waals surface area contributed by atoms with Crippen LogP contribution in [0.2, 0.25) is 0 Å². The molecular formula is C11H14N2O2. The van der Waals surface area contributed by atoms with Gasteiger partial charge < -0.3 is 5.32 Å². The molecule has 1 fully saturated rings. The van der Waals surface area contributed by atoms with Gasteiger partial charge in [-0.3, -0.25) is 10.1 Å². The van der Waals surface area contributed by atoms with Crippen molar-refractivity contribution in [2.24, 2.45) is 0 Å². The van der Waals surface area contributed by atoms with Crippen LogP contribution in [0.15, 0.2) is 24.3 Å². The number of piperidine rings is 1. The molecule has 0 bridgehead atoms. The van der Waals surface area contributed by atoms with Crippen molar-refractivity contribution in [3.05, 3.63) is 39.9 Å². The monoisotopic (exact) mass is 206 g/mol. The molecule has 2 rings (SSSR count). The highest BCUT2D eigenvalue weighted by atomic mass is 16.6. The standard InChI is InChI=1S/C11H14N2O2/c14-13(15)11-7-2-1-5-9(11)10-6-3-4-8-12-10/h1-2,5,7,10,12H,3-4,6,8H2/t10-/m0/s1. The van der Waals surface area contributed by atoms with E-state index in [0.29, 0.717) is 0 Å². The maximum Gasteiger partial charge on any atom is 0.274 e. The lowest BCUT2D eigenvalue weighted by atomic mass is 9.96. The fourth-order valence-electron chi connectivity index (χ4n) is 2.07. The first kappa shape index (κ1) is 10.1. The molecule has 0 unspecified atom stereocenters. The fourth-order valence-corrected chi connectivity index (χ4v) is 2.07. The third-order valence-electron chi connectivity index (χ3n) is 2.82. The molecule has 1 aromatic carbocycles. The van der Waals surface area contributed by atoms with Crippen LogP contribution in [0.5, 0.6) is 0 Å². The van der Waals surface area contributed by atoms with Crippen LogP contribution in [-0.4, -0.2) is 11.5 Å². The van der Waals surface area contributed by atoms with Crippen LogP contribution in [0.25, 0.3) is 0 Å². The van der Waals surface area contributed by atoms with Gasteiger partial charge >= 0.3 is 0 Å². The Morgan fingerprint density at radius 2 is 2.13 bits per heavy atom. The summed E-state index contributed by atoms with van der Waals surface area (Å²) in [7, 11) is 0. The molecule has 0 saturated carbocycles. The molecule has 0 amide bonds. The zero-order valence-corrected chi connectivity index (χ0v) is 8.48. The van der Waals surface area contributed by atoms with Crippen molar-refractivity contribution < 1.29 is 4.92 Å². The van der Waals surface area contributed by atoms with Crippen LogP contribution in [-0.2, 0) is 0 Å². The molecule has 1 saturated heterocycles. The number of nitro benzene ring substituents is 1. The first-order valence-corrected chi connectivity index (χ1v) is 5.26. The van der Waals surface area contributed by atoms with Gasteiger partial charge in [-0.15, -0.1) is 0 Å². The van der Waals surface area contributed by atoms with E-state index in [9.17, 15) is 10.1 Å². The highest BCUT2D eigenvalue weighted by Crippen LogP contribution is 2.29. The van der Waals surface area contributed by atoms with Crippen molar-refractivity contribution in [2.45, 2.75) is 25.3 Å². The number of para-hydroxylation sites is 1. The number of rotatable bonds is 2. The number of hydrogen-bond donors (Lipinski definition) is 1. The minimum Gasteiger partial charge on any atom is -0.310 e. The van der Waals surface area contributed by atoms with E-state index in [2.05, 4.69) is 5.32 Å². The third-order valence-corrected chi connectivity index (χ3v) is 2.82. The van der Waals surface area contributed by atoms with Crippen LogP contribution in [0.1, 0.15) is 30.9 Å². The zero-order chi connectivity index (χ0) is 10.7.